The van der Waals surface area contributed by atoms with Crippen LogP contribution < -0.4 is 9.64 Å². The van der Waals surface area contributed by atoms with Crippen LogP contribution in [0.5, 0.6) is 11.5 Å². The summed E-state index contributed by atoms with van der Waals surface area (Å²) in [7, 11) is 1.55. The van der Waals surface area contributed by atoms with Crippen LogP contribution in [0.25, 0.3) is 6.08 Å². The van der Waals surface area contributed by atoms with Crippen molar-refractivity contribution in [1.29, 1.82) is 0 Å². The molecule has 0 fully saturated rings. The van der Waals surface area contributed by atoms with Gasteiger partial charge in [0.2, 0.25) is 0 Å². The summed E-state index contributed by atoms with van der Waals surface area (Å²) < 4.78 is 19.8. The van der Waals surface area contributed by atoms with Gasteiger partial charge in [0.1, 0.15) is 23.0 Å². The number of para-hydroxylation sites is 1. The number of aliphatic imine (C=N–C) groups is 1. The summed E-state index contributed by atoms with van der Waals surface area (Å²) >= 11 is 0. The number of aromatic hydroxyl groups is 1. The number of amidine groups is 1. The van der Waals surface area contributed by atoms with Crippen LogP contribution in [0.15, 0.2) is 83.5 Å². The van der Waals surface area contributed by atoms with Crippen LogP contribution >= 0.6 is 0 Å². The summed E-state index contributed by atoms with van der Waals surface area (Å²) in [5.41, 5.74) is 1.51. The second-order valence-corrected chi connectivity index (χ2v) is 6.34. The van der Waals surface area contributed by atoms with Gasteiger partial charge in [0.25, 0.3) is 5.91 Å². The van der Waals surface area contributed by atoms with E-state index in [1.54, 1.807) is 55.7 Å². The van der Waals surface area contributed by atoms with E-state index in [1.807, 2.05) is 12.1 Å². The average molecular weight is 388 g/mol. The van der Waals surface area contributed by atoms with E-state index < -0.39 is 11.7 Å². The summed E-state index contributed by atoms with van der Waals surface area (Å²) in [4.78, 5) is 19.0. The summed E-state index contributed by atoms with van der Waals surface area (Å²) in [6, 6.07) is 19.5. The number of methoxy groups -OCH3 is 1. The molecule has 0 saturated heterocycles. The van der Waals surface area contributed by atoms with Gasteiger partial charge in [-0.05, 0) is 48.5 Å². The molecule has 3 aromatic carbocycles. The monoisotopic (exact) mass is 388 g/mol. The molecule has 0 aromatic heterocycles. The van der Waals surface area contributed by atoms with Crippen molar-refractivity contribution in [3.63, 3.8) is 0 Å². The van der Waals surface area contributed by atoms with Gasteiger partial charge in [0.05, 0.1) is 18.4 Å². The Morgan fingerprint density at radius 3 is 2.41 bits per heavy atom. The molecule has 0 saturated carbocycles. The van der Waals surface area contributed by atoms with Gasteiger partial charge in [0, 0.05) is 5.56 Å². The lowest BCUT2D eigenvalue weighted by Gasteiger charge is -2.19. The Morgan fingerprint density at radius 2 is 1.69 bits per heavy atom. The molecule has 0 aliphatic carbocycles. The first-order valence-corrected chi connectivity index (χ1v) is 8.90. The predicted molar refractivity (Wildman–Crippen MR) is 110 cm³/mol. The van der Waals surface area contributed by atoms with Crippen LogP contribution in [0.1, 0.15) is 11.1 Å². The summed E-state index contributed by atoms with van der Waals surface area (Å²) in [5.74, 6) is -0.0470. The molecule has 4 rings (SSSR count). The Morgan fingerprint density at radius 1 is 1.00 bits per heavy atom. The molecule has 0 bridgehead atoms. The van der Waals surface area contributed by atoms with Gasteiger partial charge in [-0.1, -0.05) is 30.3 Å². The van der Waals surface area contributed by atoms with E-state index in [0.29, 0.717) is 17.0 Å². The Labute approximate surface area is 167 Å². The number of halogens is 1. The zero-order valence-corrected chi connectivity index (χ0v) is 15.5. The van der Waals surface area contributed by atoms with E-state index in [0.717, 1.165) is 0 Å². The molecule has 0 unspecified atom stereocenters. The van der Waals surface area contributed by atoms with Crippen molar-refractivity contribution in [2.45, 2.75) is 0 Å². The minimum Gasteiger partial charge on any atom is -0.508 e. The van der Waals surface area contributed by atoms with Crippen molar-refractivity contribution in [2.24, 2.45) is 4.99 Å². The molecule has 1 amide bonds. The van der Waals surface area contributed by atoms with Crippen LogP contribution in [0, 0.1) is 5.82 Å². The largest absolute Gasteiger partial charge is 0.508 e. The number of phenolic OH excluding ortho intramolecular Hbond substituents is 1. The molecule has 144 valence electrons. The average Bonchev–Trinajstić information content (AvgIpc) is 3.05. The fourth-order valence-electron chi connectivity index (χ4n) is 3.11. The fourth-order valence-corrected chi connectivity index (χ4v) is 3.11. The molecule has 5 nitrogen and oxygen atoms in total. The van der Waals surface area contributed by atoms with Gasteiger partial charge in [-0.25, -0.2) is 9.38 Å². The van der Waals surface area contributed by atoms with E-state index in [4.69, 9.17) is 4.74 Å². The van der Waals surface area contributed by atoms with Gasteiger partial charge in [0.15, 0.2) is 5.84 Å². The minimum absolute atomic E-state index is 0.0644. The molecule has 0 spiro atoms. The standard InChI is InChI=1S/C23H17FN2O3/c1-29-21-9-5-2-6-15(21)14-20-23(28)26(16-10-12-17(27)13-11-16)22(25-20)18-7-3-4-8-19(18)24/h2-14,27H,1H3/b20-14+. The first kappa shape index (κ1) is 18.4. The van der Waals surface area contributed by atoms with Crippen molar-refractivity contribution in [1.82, 2.24) is 0 Å². The predicted octanol–water partition coefficient (Wildman–Crippen LogP) is 4.37. The number of hydrogen-bond donors (Lipinski definition) is 1. The highest BCUT2D eigenvalue weighted by Gasteiger charge is 2.33. The van der Waals surface area contributed by atoms with E-state index in [-0.39, 0.29) is 22.8 Å². The van der Waals surface area contributed by atoms with Gasteiger partial charge < -0.3 is 9.84 Å². The maximum Gasteiger partial charge on any atom is 0.282 e. The fraction of sp³-hybridized carbons (Fsp3) is 0.0435. The number of phenols is 1. The van der Waals surface area contributed by atoms with E-state index in [2.05, 4.69) is 4.99 Å². The number of amides is 1. The summed E-state index contributed by atoms with van der Waals surface area (Å²) in [6.45, 7) is 0. The van der Waals surface area contributed by atoms with Crippen LogP contribution in [0.4, 0.5) is 10.1 Å². The second-order valence-electron chi connectivity index (χ2n) is 6.34. The minimum atomic E-state index is -0.485. The zero-order valence-electron chi connectivity index (χ0n) is 15.5. The SMILES string of the molecule is COc1ccccc1/C=C1/N=C(c2ccccc2F)N(c2ccc(O)cc2)C1=O. The van der Waals surface area contributed by atoms with Gasteiger partial charge in [-0.2, -0.15) is 0 Å². The van der Waals surface area contributed by atoms with Crippen molar-refractivity contribution >= 4 is 23.5 Å². The molecular weight excluding hydrogens is 371 g/mol. The number of carbonyl (C=O) groups is 1. The molecule has 1 heterocycles. The lowest BCUT2D eigenvalue weighted by Crippen LogP contribution is -2.33. The molecule has 1 aliphatic heterocycles. The normalized spacial score (nSPS) is 15.0. The number of ether oxygens (including phenoxy) is 1. The number of hydrogen-bond acceptors (Lipinski definition) is 4. The van der Waals surface area contributed by atoms with Crippen LogP contribution in [0.2, 0.25) is 0 Å². The molecule has 1 aliphatic rings. The van der Waals surface area contributed by atoms with E-state index in [1.165, 1.54) is 23.1 Å². The summed E-state index contributed by atoms with van der Waals surface area (Å²) in [6.07, 6.45) is 1.61. The third-order valence-corrected chi connectivity index (χ3v) is 4.51. The van der Waals surface area contributed by atoms with Crippen LogP contribution in [-0.2, 0) is 4.79 Å². The molecule has 6 heteroatoms. The third kappa shape index (κ3) is 3.48. The van der Waals surface area contributed by atoms with Crippen LogP contribution in [0.3, 0.4) is 0 Å². The topological polar surface area (TPSA) is 62.1 Å². The zero-order chi connectivity index (χ0) is 20.4. The highest BCUT2D eigenvalue weighted by molar-refractivity contribution is 6.33. The van der Waals surface area contributed by atoms with Crippen molar-refractivity contribution in [2.75, 3.05) is 12.0 Å². The highest BCUT2D eigenvalue weighted by atomic mass is 19.1. The number of nitrogens with zero attached hydrogens (tertiary/aromatic N) is 2. The Hall–Kier alpha value is -3.93. The number of anilines is 1. The van der Waals surface area contributed by atoms with E-state index >= 15 is 0 Å². The number of benzene rings is 3. The quantitative estimate of drug-likeness (QED) is 0.675. The first-order valence-electron chi connectivity index (χ1n) is 8.90. The lowest BCUT2D eigenvalue weighted by atomic mass is 10.1. The van der Waals surface area contributed by atoms with E-state index in [9.17, 15) is 14.3 Å². The highest BCUT2D eigenvalue weighted by Crippen LogP contribution is 2.31. The second kappa shape index (κ2) is 7.59. The first-order chi connectivity index (χ1) is 14.1. The van der Waals surface area contributed by atoms with Crippen molar-refractivity contribution in [3.8, 4) is 11.5 Å². The molecule has 0 radical (unpaired) electrons. The molecule has 29 heavy (non-hydrogen) atoms. The lowest BCUT2D eigenvalue weighted by molar-refractivity contribution is -0.113. The van der Waals surface area contributed by atoms with Gasteiger partial charge >= 0.3 is 0 Å². The number of rotatable bonds is 4. The van der Waals surface area contributed by atoms with Gasteiger partial charge in [-0.3, -0.25) is 9.69 Å². The molecular formula is C23H17FN2O3. The van der Waals surface area contributed by atoms with Gasteiger partial charge in [-0.15, -0.1) is 0 Å². The molecule has 1 N–H and O–H groups in total. The van der Waals surface area contributed by atoms with Crippen molar-refractivity contribution in [3.05, 3.63) is 95.4 Å². The van der Waals surface area contributed by atoms with Crippen molar-refractivity contribution < 1.29 is 19.0 Å². The Balaban J connectivity index is 1.86. The smallest absolute Gasteiger partial charge is 0.282 e. The van der Waals surface area contributed by atoms with Crippen LogP contribution in [-0.4, -0.2) is 24.0 Å². The maximum atomic E-state index is 14.5. The maximum absolute atomic E-state index is 14.5. The number of carbonyl (C=O) groups excluding carboxylic acids is 1. The molecule has 0 atom stereocenters. The third-order valence-electron chi connectivity index (χ3n) is 4.51. The molecule has 3 aromatic rings. The summed E-state index contributed by atoms with van der Waals surface area (Å²) in [5, 5.41) is 9.58. The Bertz CT molecular complexity index is 1140. The Kier molecular flexibility index (Phi) is 4.83.